The maximum Gasteiger partial charge on any atom is 0.0703 e. The van der Waals surface area contributed by atoms with Crippen molar-refractivity contribution < 1.29 is 0 Å². The number of hydrogen-bond donors (Lipinski definition) is 0. The second-order valence-electron chi connectivity index (χ2n) is 1.09. The van der Waals surface area contributed by atoms with E-state index < -0.39 is 0 Å². The van der Waals surface area contributed by atoms with Crippen LogP contribution in [0.3, 0.4) is 0 Å². The summed E-state index contributed by atoms with van der Waals surface area (Å²) < 4.78 is 0. The minimum absolute atomic E-state index is 0.287. The van der Waals surface area contributed by atoms with E-state index in [1.54, 1.807) is 6.08 Å². The van der Waals surface area contributed by atoms with Crippen LogP contribution in [-0.2, 0) is 0 Å². The largest absolute Gasteiger partial charge is 0.104 e. The summed E-state index contributed by atoms with van der Waals surface area (Å²) in [5.74, 6) is 0. The van der Waals surface area contributed by atoms with Crippen LogP contribution in [0.4, 0.5) is 0 Å². The summed E-state index contributed by atoms with van der Waals surface area (Å²) in [6.07, 6.45) is 1.76. The summed E-state index contributed by atoms with van der Waals surface area (Å²) in [4.78, 5) is 0. The van der Waals surface area contributed by atoms with Gasteiger partial charge in [0.2, 0.25) is 0 Å². The summed E-state index contributed by atoms with van der Waals surface area (Å²) in [7, 11) is 6.26. The van der Waals surface area contributed by atoms with Crippen LogP contribution in [0.15, 0.2) is 12.7 Å². The van der Waals surface area contributed by atoms with Gasteiger partial charge in [-0.1, -0.05) is 5.44 Å². The average Bonchev–Trinajstić information content (AvgIpc) is 1.38. The SMILES string of the molecule is [B]C([SiH3])C=C. The molecule has 1 atom stereocenters. The molecule has 0 spiro atoms. The van der Waals surface area contributed by atoms with Crippen LogP contribution < -0.4 is 0 Å². The zero-order valence-electron chi connectivity index (χ0n) is 3.44. The Hall–Kier alpha value is 0.0218. The molecule has 0 aromatic heterocycles. The van der Waals surface area contributed by atoms with Gasteiger partial charge in [-0.2, -0.15) is 0 Å². The Morgan fingerprint density at radius 1 is 2.00 bits per heavy atom. The van der Waals surface area contributed by atoms with Crippen molar-refractivity contribution in [2.75, 3.05) is 0 Å². The number of rotatable bonds is 1. The molecule has 0 saturated heterocycles. The van der Waals surface area contributed by atoms with Gasteiger partial charge in [-0.3, -0.25) is 0 Å². The van der Waals surface area contributed by atoms with Gasteiger partial charge in [-0.15, -0.1) is 12.7 Å². The molecule has 0 aromatic carbocycles. The normalized spacial score (nSPS) is 14.4. The Bertz CT molecular complexity index is 33.9. The van der Waals surface area contributed by atoms with Crippen LogP contribution >= 0.6 is 0 Å². The molecule has 0 aliphatic heterocycles. The number of hydrogen-bond acceptors (Lipinski definition) is 0. The van der Waals surface area contributed by atoms with Gasteiger partial charge in [0, 0.05) is 10.2 Å². The fraction of sp³-hybridized carbons (Fsp3) is 0.333. The van der Waals surface area contributed by atoms with Gasteiger partial charge in [-0.25, -0.2) is 0 Å². The zero-order valence-corrected chi connectivity index (χ0v) is 5.44. The van der Waals surface area contributed by atoms with E-state index in [9.17, 15) is 0 Å². The Balaban J connectivity index is 2.83. The minimum atomic E-state index is 0.287. The van der Waals surface area contributed by atoms with Crippen LogP contribution in [-0.4, -0.2) is 18.1 Å². The molecule has 1 unspecified atom stereocenters. The molecule has 0 saturated carbocycles. The standard InChI is InChI=1S/C3H7BSi/c1-2-3(4)5/h2-3H,1H2,5H3. The van der Waals surface area contributed by atoms with Crippen LogP contribution in [0.25, 0.3) is 0 Å². The topological polar surface area (TPSA) is 0 Å². The van der Waals surface area contributed by atoms with E-state index >= 15 is 0 Å². The van der Waals surface area contributed by atoms with Crippen molar-refractivity contribution >= 4 is 18.1 Å². The van der Waals surface area contributed by atoms with E-state index in [1.807, 2.05) is 0 Å². The third kappa shape index (κ3) is 4.02. The molecular formula is C3H7BSi. The van der Waals surface area contributed by atoms with E-state index in [4.69, 9.17) is 7.85 Å². The van der Waals surface area contributed by atoms with Gasteiger partial charge in [-0.05, 0) is 0 Å². The first-order valence-electron chi connectivity index (χ1n) is 1.65. The minimum Gasteiger partial charge on any atom is -0.104 e. The summed E-state index contributed by atoms with van der Waals surface area (Å²) in [6.45, 7) is 3.47. The van der Waals surface area contributed by atoms with Gasteiger partial charge < -0.3 is 0 Å². The average molecular weight is 82.0 g/mol. The molecule has 0 aliphatic carbocycles. The molecule has 0 fully saturated rings. The lowest BCUT2D eigenvalue weighted by Crippen LogP contribution is -1.79. The van der Waals surface area contributed by atoms with Crippen molar-refractivity contribution in [3.63, 3.8) is 0 Å². The van der Waals surface area contributed by atoms with Crippen molar-refractivity contribution in [1.29, 1.82) is 0 Å². The third-order valence-corrected chi connectivity index (χ3v) is 0.843. The van der Waals surface area contributed by atoms with Crippen molar-refractivity contribution in [2.45, 2.75) is 5.44 Å². The molecule has 0 amide bonds. The van der Waals surface area contributed by atoms with Gasteiger partial charge >= 0.3 is 0 Å². The lowest BCUT2D eigenvalue weighted by Gasteiger charge is -1.83. The van der Waals surface area contributed by atoms with E-state index in [0.717, 1.165) is 10.2 Å². The second-order valence-corrected chi connectivity index (χ2v) is 2.43. The van der Waals surface area contributed by atoms with Crippen molar-refractivity contribution in [2.24, 2.45) is 0 Å². The first-order chi connectivity index (χ1) is 2.27. The molecule has 2 heteroatoms. The molecular weight excluding hydrogens is 74.9 g/mol. The molecule has 2 radical (unpaired) electrons. The Morgan fingerprint density at radius 2 is 2.20 bits per heavy atom. The second kappa shape index (κ2) is 2.27. The maximum absolute atomic E-state index is 5.24. The smallest absolute Gasteiger partial charge is 0.0703 e. The molecule has 0 nitrogen and oxygen atoms in total. The van der Waals surface area contributed by atoms with Crippen LogP contribution in [0.1, 0.15) is 0 Å². The van der Waals surface area contributed by atoms with Crippen LogP contribution in [0.5, 0.6) is 0 Å². The third-order valence-electron chi connectivity index (χ3n) is 0.372. The highest BCUT2D eigenvalue weighted by molar-refractivity contribution is 6.36. The van der Waals surface area contributed by atoms with E-state index in [-0.39, 0.29) is 5.44 Å². The molecule has 0 N–H and O–H groups in total. The maximum atomic E-state index is 5.24. The lowest BCUT2D eigenvalue weighted by molar-refractivity contribution is 1.60. The van der Waals surface area contributed by atoms with Gasteiger partial charge in [0.15, 0.2) is 0 Å². The zero-order chi connectivity index (χ0) is 4.28. The van der Waals surface area contributed by atoms with E-state index in [0.29, 0.717) is 0 Å². The Kier molecular flexibility index (Phi) is 2.28. The van der Waals surface area contributed by atoms with Crippen molar-refractivity contribution in [3.05, 3.63) is 12.7 Å². The molecule has 26 valence electrons. The number of allylic oxidation sites excluding steroid dienone is 1. The van der Waals surface area contributed by atoms with Crippen LogP contribution in [0, 0.1) is 0 Å². The predicted molar refractivity (Wildman–Crippen MR) is 29.6 cm³/mol. The van der Waals surface area contributed by atoms with Gasteiger partial charge in [0.1, 0.15) is 0 Å². The molecule has 0 aromatic rings. The predicted octanol–water partition coefficient (Wildman–Crippen LogP) is -0.548. The lowest BCUT2D eigenvalue weighted by atomic mass is 10.1. The molecule has 0 rings (SSSR count). The first kappa shape index (κ1) is 5.02. The quantitative estimate of drug-likeness (QED) is 0.294. The van der Waals surface area contributed by atoms with E-state index in [1.165, 1.54) is 0 Å². The fourth-order valence-corrected chi connectivity index (χ4v) is 0. The summed E-state index contributed by atoms with van der Waals surface area (Å²) in [5.41, 5.74) is 0.287. The van der Waals surface area contributed by atoms with Crippen molar-refractivity contribution in [3.8, 4) is 0 Å². The Morgan fingerprint density at radius 3 is 2.20 bits per heavy atom. The fourth-order valence-electron chi connectivity index (χ4n) is 0. The summed E-state index contributed by atoms with van der Waals surface area (Å²) in [5, 5.41) is 0. The molecule has 0 aliphatic rings. The van der Waals surface area contributed by atoms with E-state index in [2.05, 4.69) is 6.58 Å². The highest BCUT2D eigenvalue weighted by atomic mass is 28.1. The van der Waals surface area contributed by atoms with Crippen LogP contribution in [0.2, 0.25) is 5.44 Å². The highest BCUT2D eigenvalue weighted by Gasteiger charge is 1.74. The molecule has 5 heavy (non-hydrogen) atoms. The molecule has 0 heterocycles. The Labute approximate surface area is 37.1 Å². The van der Waals surface area contributed by atoms with Crippen molar-refractivity contribution in [1.82, 2.24) is 0 Å². The molecule has 0 bridgehead atoms. The first-order valence-corrected chi connectivity index (χ1v) is 2.81. The van der Waals surface area contributed by atoms with Gasteiger partial charge in [0.05, 0.1) is 7.85 Å². The summed E-state index contributed by atoms with van der Waals surface area (Å²) >= 11 is 0. The monoisotopic (exact) mass is 82.0 g/mol. The summed E-state index contributed by atoms with van der Waals surface area (Å²) in [6, 6.07) is 0. The highest BCUT2D eigenvalue weighted by Crippen LogP contribution is 1.84. The van der Waals surface area contributed by atoms with Gasteiger partial charge in [0.25, 0.3) is 0 Å².